The van der Waals surface area contributed by atoms with E-state index < -0.39 is 14.6 Å². The average molecular weight is 351 g/mol. The summed E-state index contributed by atoms with van der Waals surface area (Å²) < 4.78 is 29.9. The minimum absolute atomic E-state index is 0.110. The molecule has 1 aromatic heterocycles. The first-order valence-corrected chi connectivity index (χ1v) is 10.1. The summed E-state index contributed by atoms with van der Waals surface area (Å²) in [5, 5.41) is 0. The van der Waals surface area contributed by atoms with Crippen molar-refractivity contribution in [2.75, 3.05) is 25.4 Å². The first-order valence-electron chi connectivity index (χ1n) is 8.43. The second-order valence-corrected chi connectivity index (χ2v) is 9.48. The summed E-state index contributed by atoms with van der Waals surface area (Å²) in [6, 6.07) is 1.96. The van der Waals surface area contributed by atoms with Crippen LogP contribution in [0.4, 0.5) is 0 Å². The van der Waals surface area contributed by atoms with E-state index in [4.69, 9.17) is 4.74 Å². The fourth-order valence-electron chi connectivity index (χ4n) is 3.91. The molecule has 3 heterocycles. The van der Waals surface area contributed by atoms with Gasteiger partial charge in [-0.25, -0.2) is 18.4 Å². The van der Waals surface area contributed by atoms with E-state index in [1.165, 1.54) is 0 Å². The Labute approximate surface area is 141 Å². The number of amides is 1. The number of sulfone groups is 1. The van der Waals surface area contributed by atoms with E-state index in [1.54, 1.807) is 23.4 Å². The van der Waals surface area contributed by atoms with Gasteiger partial charge in [0.05, 0.1) is 12.4 Å². The van der Waals surface area contributed by atoms with E-state index in [0.717, 1.165) is 19.3 Å². The first kappa shape index (κ1) is 15.8. The smallest absolute Gasteiger partial charge is 0.316 e. The molecule has 0 radical (unpaired) electrons. The van der Waals surface area contributed by atoms with Gasteiger partial charge in [0.25, 0.3) is 0 Å². The second kappa shape index (κ2) is 5.68. The van der Waals surface area contributed by atoms with Gasteiger partial charge in [-0.2, -0.15) is 0 Å². The second-order valence-electron chi connectivity index (χ2n) is 7.03. The highest BCUT2D eigenvalue weighted by atomic mass is 32.2. The third-order valence-corrected chi connectivity index (χ3v) is 8.34. The normalized spacial score (nSPS) is 27.5. The number of carbonyl (C=O) groups is 1. The number of rotatable bonds is 4. The van der Waals surface area contributed by atoms with Crippen LogP contribution < -0.4 is 4.74 Å². The first-order chi connectivity index (χ1) is 11.5. The molecule has 3 aliphatic rings. The molecule has 0 unspecified atom stereocenters. The zero-order valence-corrected chi connectivity index (χ0v) is 14.2. The lowest BCUT2D eigenvalue weighted by atomic mass is 9.79. The van der Waals surface area contributed by atoms with E-state index in [9.17, 15) is 13.2 Å². The molecule has 2 aliphatic heterocycles. The maximum absolute atomic E-state index is 12.6. The van der Waals surface area contributed by atoms with Crippen molar-refractivity contribution in [3.8, 4) is 6.01 Å². The number of nitrogens with zero attached hydrogens (tertiary/aromatic N) is 3. The van der Waals surface area contributed by atoms with Crippen LogP contribution in [-0.2, 0) is 14.6 Å². The van der Waals surface area contributed by atoms with Crippen molar-refractivity contribution in [3.63, 3.8) is 0 Å². The highest BCUT2D eigenvalue weighted by Crippen LogP contribution is 2.46. The molecule has 2 saturated heterocycles. The van der Waals surface area contributed by atoms with E-state index in [0.29, 0.717) is 19.5 Å². The SMILES string of the molecule is O=C(C1CCC1)N1CC2(C1)[C@H](COc1ncccn1)CCS2(=O)=O. The minimum atomic E-state index is -3.20. The number of carbonyl (C=O) groups excluding carboxylic acids is 1. The van der Waals surface area contributed by atoms with Gasteiger partial charge in [-0.15, -0.1) is 0 Å². The van der Waals surface area contributed by atoms with Gasteiger partial charge in [-0.05, 0) is 25.3 Å². The summed E-state index contributed by atoms with van der Waals surface area (Å²) in [5.74, 6) is 0.290. The zero-order chi connectivity index (χ0) is 16.8. The Hall–Kier alpha value is -1.70. The zero-order valence-electron chi connectivity index (χ0n) is 13.4. The quantitative estimate of drug-likeness (QED) is 0.792. The average Bonchev–Trinajstić information content (AvgIpc) is 2.73. The lowest BCUT2D eigenvalue weighted by molar-refractivity contribution is -0.144. The van der Waals surface area contributed by atoms with Gasteiger partial charge >= 0.3 is 6.01 Å². The molecule has 7 nitrogen and oxygen atoms in total. The summed E-state index contributed by atoms with van der Waals surface area (Å²) in [4.78, 5) is 22.1. The van der Waals surface area contributed by atoms with Crippen LogP contribution in [0.1, 0.15) is 25.7 Å². The van der Waals surface area contributed by atoms with Crippen LogP contribution in [-0.4, -0.2) is 59.4 Å². The predicted octanol–water partition coefficient (Wildman–Crippen LogP) is 0.671. The molecule has 3 fully saturated rings. The van der Waals surface area contributed by atoms with Gasteiger partial charge < -0.3 is 9.64 Å². The molecule has 1 saturated carbocycles. The maximum Gasteiger partial charge on any atom is 0.316 e. The topological polar surface area (TPSA) is 89.5 Å². The molecule has 1 atom stereocenters. The predicted molar refractivity (Wildman–Crippen MR) is 86.1 cm³/mol. The van der Waals surface area contributed by atoms with E-state index in [1.807, 2.05) is 0 Å². The lowest BCUT2D eigenvalue weighted by Crippen LogP contribution is -2.69. The van der Waals surface area contributed by atoms with Crippen molar-refractivity contribution in [3.05, 3.63) is 18.5 Å². The van der Waals surface area contributed by atoms with Gasteiger partial charge in [0.2, 0.25) is 5.91 Å². The Kier molecular flexibility index (Phi) is 3.74. The molecule has 0 N–H and O–H groups in total. The molecule has 1 spiro atoms. The number of ether oxygens (including phenoxy) is 1. The summed E-state index contributed by atoms with van der Waals surface area (Å²) >= 11 is 0. The van der Waals surface area contributed by atoms with E-state index >= 15 is 0 Å². The van der Waals surface area contributed by atoms with Crippen LogP contribution in [0.2, 0.25) is 0 Å². The van der Waals surface area contributed by atoms with E-state index in [-0.39, 0.29) is 36.1 Å². The van der Waals surface area contributed by atoms with Crippen LogP contribution >= 0.6 is 0 Å². The van der Waals surface area contributed by atoms with Gasteiger partial charge in [0.1, 0.15) is 4.75 Å². The fourth-order valence-corrected chi connectivity index (χ4v) is 6.31. The van der Waals surface area contributed by atoms with Gasteiger partial charge in [0.15, 0.2) is 9.84 Å². The summed E-state index contributed by atoms with van der Waals surface area (Å²) in [6.45, 7) is 0.900. The maximum atomic E-state index is 12.6. The number of hydrogen-bond acceptors (Lipinski definition) is 6. The Morgan fingerprint density at radius 3 is 2.58 bits per heavy atom. The third-order valence-electron chi connectivity index (χ3n) is 5.74. The molecule has 4 rings (SSSR count). The van der Waals surface area contributed by atoms with Crippen LogP contribution in [0.5, 0.6) is 6.01 Å². The molecule has 0 bridgehead atoms. The molecule has 8 heteroatoms. The number of aromatic nitrogens is 2. The molecule has 1 aromatic rings. The van der Waals surface area contributed by atoms with Gasteiger partial charge in [0, 0.05) is 37.3 Å². The molecule has 1 aliphatic carbocycles. The molecule has 1 amide bonds. The molecular weight excluding hydrogens is 330 g/mol. The number of hydrogen-bond donors (Lipinski definition) is 0. The molecule has 0 aromatic carbocycles. The standard InChI is InChI=1S/C16H21N3O4S/c20-14(12-3-1-4-12)19-10-16(11-19)13(5-8-24(16,21)22)9-23-15-17-6-2-7-18-15/h2,6-7,12-13H,1,3-5,8-11H2/t13-/m0/s1. The monoisotopic (exact) mass is 351 g/mol. The summed E-state index contributed by atoms with van der Waals surface area (Å²) in [6.07, 6.45) is 6.72. The molecule has 24 heavy (non-hydrogen) atoms. The minimum Gasteiger partial charge on any atom is -0.463 e. The fraction of sp³-hybridized carbons (Fsp3) is 0.688. The Morgan fingerprint density at radius 2 is 1.96 bits per heavy atom. The summed E-state index contributed by atoms with van der Waals surface area (Å²) in [5.41, 5.74) is 0. The van der Waals surface area contributed by atoms with Crippen LogP contribution in [0.3, 0.4) is 0 Å². The van der Waals surface area contributed by atoms with Crippen molar-refractivity contribution in [2.24, 2.45) is 11.8 Å². The molecular formula is C16H21N3O4S. The van der Waals surface area contributed by atoms with Crippen molar-refractivity contribution in [1.29, 1.82) is 0 Å². The van der Waals surface area contributed by atoms with Crippen LogP contribution in [0.25, 0.3) is 0 Å². The van der Waals surface area contributed by atoms with E-state index in [2.05, 4.69) is 9.97 Å². The lowest BCUT2D eigenvalue weighted by Gasteiger charge is -2.51. The highest BCUT2D eigenvalue weighted by Gasteiger charge is 2.63. The molecule has 130 valence electrons. The Balaban J connectivity index is 1.44. The Morgan fingerprint density at radius 1 is 1.25 bits per heavy atom. The third kappa shape index (κ3) is 2.39. The van der Waals surface area contributed by atoms with Crippen molar-refractivity contribution in [1.82, 2.24) is 14.9 Å². The van der Waals surface area contributed by atoms with Crippen molar-refractivity contribution >= 4 is 15.7 Å². The van der Waals surface area contributed by atoms with Crippen molar-refractivity contribution in [2.45, 2.75) is 30.4 Å². The number of likely N-dealkylation sites (tertiary alicyclic amines) is 1. The Bertz CT molecular complexity index is 727. The largest absolute Gasteiger partial charge is 0.463 e. The van der Waals surface area contributed by atoms with Crippen LogP contribution in [0.15, 0.2) is 18.5 Å². The summed E-state index contributed by atoms with van der Waals surface area (Å²) in [7, 11) is -3.20. The highest BCUT2D eigenvalue weighted by molar-refractivity contribution is 7.93. The van der Waals surface area contributed by atoms with Gasteiger partial charge in [-0.3, -0.25) is 4.79 Å². The van der Waals surface area contributed by atoms with Crippen LogP contribution in [0, 0.1) is 11.8 Å². The van der Waals surface area contributed by atoms with Gasteiger partial charge in [-0.1, -0.05) is 6.42 Å². The van der Waals surface area contributed by atoms with Crippen molar-refractivity contribution < 1.29 is 17.9 Å².